The number of halogens is 1. The van der Waals surface area contributed by atoms with E-state index in [1.165, 1.54) is 6.07 Å². The average molecular weight is 357 g/mol. The third-order valence-electron chi connectivity index (χ3n) is 4.56. The van der Waals surface area contributed by atoms with Gasteiger partial charge in [0.25, 0.3) is 0 Å². The van der Waals surface area contributed by atoms with E-state index in [0.717, 1.165) is 30.0 Å². The Bertz CT molecular complexity index is 753. The summed E-state index contributed by atoms with van der Waals surface area (Å²) in [6, 6.07) is 14.2. The Morgan fingerprint density at radius 1 is 1.31 bits per heavy atom. The van der Waals surface area contributed by atoms with Crippen LogP contribution in [0, 0.1) is 5.82 Å². The molecule has 0 bridgehead atoms. The van der Waals surface area contributed by atoms with Gasteiger partial charge in [0.15, 0.2) is 0 Å². The van der Waals surface area contributed by atoms with Crippen molar-refractivity contribution >= 4 is 5.91 Å². The molecule has 1 unspecified atom stereocenters. The van der Waals surface area contributed by atoms with Gasteiger partial charge in [-0.25, -0.2) is 4.39 Å². The standard InChI is InChI=1S/C20H24FN3O2/c1-26-18-7-2-4-15(10-18)12-23-20(25)14-24-9-8-22-13-19(24)16-5-3-6-17(21)11-16/h2-7,10-11,19,22H,8-9,12-14H2,1H3,(H,23,25). The number of amides is 1. The average Bonchev–Trinajstić information content (AvgIpc) is 2.67. The maximum absolute atomic E-state index is 13.6. The van der Waals surface area contributed by atoms with Gasteiger partial charge in [-0.05, 0) is 35.4 Å². The molecule has 2 aromatic rings. The van der Waals surface area contributed by atoms with E-state index in [-0.39, 0.29) is 24.3 Å². The van der Waals surface area contributed by atoms with E-state index >= 15 is 0 Å². The first-order chi connectivity index (χ1) is 12.7. The zero-order valence-corrected chi connectivity index (χ0v) is 14.9. The number of hydrogen-bond donors (Lipinski definition) is 2. The molecule has 6 heteroatoms. The maximum Gasteiger partial charge on any atom is 0.234 e. The van der Waals surface area contributed by atoms with Gasteiger partial charge in [0, 0.05) is 32.2 Å². The van der Waals surface area contributed by atoms with Gasteiger partial charge in [0.2, 0.25) is 5.91 Å². The fourth-order valence-electron chi connectivity index (χ4n) is 3.20. The summed E-state index contributed by atoms with van der Waals surface area (Å²) in [6.45, 7) is 2.99. The lowest BCUT2D eigenvalue weighted by atomic mass is 10.0. The van der Waals surface area contributed by atoms with Crippen LogP contribution in [0.15, 0.2) is 48.5 Å². The molecule has 1 atom stereocenters. The molecule has 0 aliphatic carbocycles. The molecule has 1 heterocycles. The van der Waals surface area contributed by atoms with Crippen molar-refractivity contribution in [2.45, 2.75) is 12.6 Å². The molecule has 0 radical (unpaired) electrons. The molecule has 2 N–H and O–H groups in total. The van der Waals surface area contributed by atoms with Crippen molar-refractivity contribution in [1.82, 2.24) is 15.5 Å². The van der Waals surface area contributed by atoms with Crippen molar-refractivity contribution in [3.05, 3.63) is 65.5 Å². The van der Waals surface area contributed by atoms with Crippen LogP contribution >= 0.6 is 0 Å². The normalized spacial score (nSPS) is 17.7. The number of methoxy groups -OCH3 is 1. The molecule has 0 aromatic heterocycles. The Hall–Kier alpha value is -2.44. The third kappa shape index (κ3) is 4.80. The van der Waals surface area contributed by atoms with Crippen molar-refractivity contribution in [3.63, 3.8) is 0 Å². The summed E-state index contributed by atoms with van der Waals surface area (Å²) in [7, 11) is 1.62. The van der Waals surface area contributed by atoms with Crippen LogP contribution in [0.4, 0.5) is 4.39 Å². The highest BCUT2D eigenvalue weighted by atomic mass is 19.1. The summed E-state index contributed by atoms with van der Waals surface area (Å²) in [6.07, 6.45) is 0. The summed E-state index contributed by atoms with van der Waals surface area (Å²) < 4.78 is 18.8. The zero-order chi connectivity index (χ0) is 18.4. The maximum atomic E-state index is 13.6. The van der Waals surface area contributed by atoms with Crippen molar-refractivity contribution in [2.75, 3.05) is 33.3 Å². The smallest absolute Gasteiger partial charge is 0.234 e. The van der Waals surface area contributed by atoms with E-state index in [2.05, 4.69) is 15.5 Å². The fraction of sp³-hybridized carbons (Fsp3) is 0.350. The van der Waals surface area contributed by atoms with Gasteiger partial charge in [0.1, 0.15) is 11.6 Å². The van der Waals surface area contributed by atoms with Crippen LogP contribution in [-0.2, 0) is 11.3 Å². The lowest BCUT2D eigenvalue weighted by molar-refractivity contribution is -0.123. The fourth-order valence-corrected chi connectivity index (χ4v) is 3.20. The number of benzene rings is 2. The molecule has 1 fully saturated rings. The topological polar surface area (TPSA) is 53.6 Å². The molecule has 0 saturated carbocycles. The van der Waals surface area contributed by atoms with Crippen LogP contribution in [0.5, 0.6) is 5.75 Å². The summed E-state index contributed by atoms with van der Waals surface area (Å²) in [5.74, 6) is 0.469. The van der Waals surface area contributed by atoms with Gasteiger partial charge >= 0.3 is 0 Å². The lowest BCUT2D eigenvalue weighted by Crippen LogP contribution is -2.49. The summed E-state index contributed by atoms with van der Waals surface area (Å²) >= 11 is 0. The van der Waals surface area contributed by atoms with Crippen LogP contribution in [-0.4, -0.2) is 44.1 Å². The Kier molecular flexibility index (Phi) is 6.20. The first-order valence-electron chi connectivity index (χ1n) is 8.75. The highest BCUT2D eigenvalue weighted by Gasteiger charge is 2.25. The van der Waals surface area contributed by atoms with Gasteiger partial charge in [-0.3, -0.25) is 9.69 Å². The second-order valence-corrected chi connectivity index (χ2v) is 6.37. The van der Waals surface area contributed by atoms with Crippen LogP contribution in [0.2, 0.25) is 0 Å². The first kappa shape index (κ1) is 18.4. The Morgan fingerprint density at radius 2 is 2.15 bits per heavy atom. The molecule has 1 aliphatic heterocycles. The lowest BCUT2D eigenvalue weighted by Gasteiger charge is -2.36. The summed E-state index contributed by atoms with van der Waals surface area (Å²) in [4.78, 5) is 14.5. The SMILES string of the molecule is COc1cccc(CNC(=O)CN2CCNCC2c2cccc(F)c2)c1. The first-order valence-corrected chi connectivity index (χ1v) is 8.75. The molecule has 0 spiro atoms. The van der Waals surface area contributed by atoms with Gasteiger partial charge in [-0.15, -0.1) is 0 Å². The molecule has 3 rings (SSSR count). The van der Waals surface area contributed by atoms with Crippen LogP contribution in [0.25, 0.3) is 0 Å². The van der Waals surface area contributed by atoms with E-state index < -0.39 is 0 Å². The Labute approximate surface area is 153 Å². The van der Waals surface area contributed by atoms with Gasteiger partial charge in [0.05, 0.1) is 13.7 Å². The predicted molar refractivity (Wildman–Crippen MR) is 98.4 cm³/mol. The minimum Gasteiger partial charge on any atom is -0.497 e. The number of carbonyl (C=O) groups excluding carboxylic acids is 1. The molecular weight excluding hydrogens is 333 g/mol. The van der Waals surface area contributed by atoms with Crippen LogP contribution in [0.1, 0.15) is 17.2 Å². The Balaban J connectivity index is 1.59. The van der Waals surface area contributed by atoms with E-state index in [0.29, 0.717) is 13.1 Å². The van der Waals surface area contributed by atoms with Crippen molar-refractivity contribution in [2.24, 2.45) is 0 Å². The number of nitrogens with one attached hydrogen (secondary N) is 2. The second kappa shape index (κ2) is 8.78. The molecule has 1 aliphatic rings. The second-order valence-electron chi connectivity index (χ2n) is 6.37. The number of rotatable bonds is 6. The van der Waals surface area contributed by atoms with Crippen LogP contribution < -0.4 is 15.4 Å². The van der Waals surface area contributed by atoms with E-state index in [1.54, 1.807) is 19.2 Å². The minimum atomic E-state index is -0.254. The van der Waals surface area contributed by atoms with Gasteiger partial charge in [-0.1, -0.05) is 24.3 Å². The number of ether oxygens (including phenoxy) is 1. The van der Waals surface area contributed by atoms with Gasteiger partial charge in [-0.2, -0.15) is 0 Å². The number of nitrogens with zero attached hydrogens (tertiary/aromatic N) is 1. The van der Waals surface area contributed by atoms with E-state index in [1.807, 2.05) is 30.3 Å². The van der Waals surface area contributed by atoms with E-state index in [9.17, 15) is 9.18 Å². The number of piperazine rings is 1. The molecular formula is C20H24FN3O2. The highest BCUT2D eigenvalue weighted by Crippen LogP contribution is 2.22. The molecule has 1 saturated heterocycles. The molecule has 26 heavy (non-hydrogen) atoms. The Morgan fingerprint density at radius 3 is 2.96 bits per heavy atom. The summed E-state index contributed by atoms with van der Waals surface area (Å²) in [5.41, 5.74) is 1.87. The number of hydrogen-bond acceptors (Lipinski definition) is 4. The van der Waals surface area contributed by atoms with Crippen LogP contribution in [0.3, 0.4) is 0 Å². The minimum absolute atomic E-state index is 0.0120. The monoisotopic (exact) mass is 357 g/mol. The molecule has 5 nitrogen and oxygen atoms in total. The van der Waals surface area contributed by atoms with Gasteiger partial charge < -0.3 is 15.4 Å². The quantitative estimate of drug-likeness (QED) is 0.831. The zero-order valence-electron chi connectivity index (χ0n) is 14.9. The predicted octanol–water partition coefficient (Wildman–Crippen LogP) is 2.10. The van der Waals surface area contributed by atoms with Crippen molar-refractivity contribution in [3.8, 4) is 5.75 Å². The molecule has 1 amide bonds. The molecule has 138 valence electrons. The largest absolute Gasteiger partial charge is 0.497 e. The number of carbonyl (C=O) groups is 1. The molecule has 2 aromatic carbocycles. The highest BCUT2D eigenvalue weighted by molar-refractivity contribution is 5.78. The third-order valence-corrected chi connectivity index (χ3v) is 4.56. The van der Waals surface area contributed by atoms with E-state index in [4.69, 9.17) is 4.74 Å². The van der Waals surface area contributed by atoms with Crippen molar-refractivity contribution in [1.29, 1.82) is 0 Å². The summed E-state index contributed by atoms with van der Waals surface area (Å²) in [5, 5.41) is 6.27. The van der Waals surface area contributed by atoms with Crippen molar-refractivity contribution < 1.29 is 13.9 Å².